The first-order valence-electron chi connectivity index (χ1n) is 8.98. The molecule has 6 nitrogen and oxygen atoms in total. The monoisotopic (exact) mass is 392 g/mol. The van der Waals surface area contributed by atoms with E-state index in [1.807, 2.05) is 17.0 Å². The zero-order chi connectivity index (χ0) is 18.2. The molecule has 0 bridgehead atoms. The van der Waals surface area contributed by atoms with Crippen molar-refractivity contribution in [1.82, 2.24) is 15.1 Å². The van der Waals surface area contributed by atoms with Gasteiger partial charge in [0.1, 0.15) is 5.76 Å². The summed E-state index contributed by atoms with van der Waals surface area (Å²) in [5.41, 5.74) is 1.20. The number of aromatic nitrogens is 2. The molecule has 1 aliphatic rings. The van der Waals surface area contributed by atoms with E-state index in [9.17, 15) is 4.79 Å². The Labute approximate surface area is 162 Å². The highest BCUT2D eigenvalue weighted by Crippen LogP contribution is 2.27. The van der Waals surface area contributed by atoms with Crippen molar-refractivity contribution in [3.05, 3.63) is 35.9 Å². The van der Waals surface area contributed by atoms with Gasteiger partial charge in [0.15, 0.2) is 4.34 Å². The van der Waals surface area contributed by atoms with Gasteiger partial charge in [-0.3, -0.25) is 4.79 Å². The van der Waals surface area contributed by atoms with Gasteiger partial charge in [0, 0.05) is 12.2 Å². The van der Waals surface area contributed by atoms with Gasteiger partial charge in [-0.25, -0.2) is 0 Å². The van der Waals surface area contributed by atoms with Gasteiger partial charge in [0.05, 0.1) is 18.6 Å². The number of hydrogen-bond donors (Lipinski definition) is 1. The molecule has 0 unspecified atom stereocenters. The van der Waals surface area contributed by atoms with Crippen LogP contribution in [0.3, 0.4) is 0 Å². The van der Waals surface area contributed by atoms with Gasteiger partial charge in [-0.05, 0) is 44.2 Å². The van der Waals surface area contributed by atoms with Crippen LogP contribution in [0.1, 0.15) is 44.8 Å². The summed E-state index contributed by atoms with van der Waals surface area (Å²) in [5, 5.41) is 12.2. The lowest BCUT2D eigenvalue weighted by molar-refractivity contribution is -0.126. The standard InChI is InChI=1S/C18H24N4O2S2/c1-2-10-22(14-7-4-3-5-8-14)16(23)13-25-18-21-20-17(26-18)19-12-15-9-6-11-24-15/h6-7,9,11H,2-5,8,10,12-13H2,1H3,(H,19,20). The second-order valence-corrected chi connectivity index (χ2v) is 8.28. The molecule has 1 amide bonds. The van der Waals surface area contributed by atoms with Crippen LogP contribution in [0.5, 0.6) is 0 Å². The first kappa shape index (κ1) is 19.0. The Hall–Kier alpha value is -1.80. The van der Waals surface area contributed by atoms with Gasteiger partial charge >= 0.3 is 0 Å². The van der Waals surface area contributed by atoms with Crippen molar-refractivity contribution >= 4 is 34.1 Å². The van der Waals surface area contributed by atoms with E-state index >= 15 is 0 Å². The number of hydrogen-bond acceptors (Lipinski definition) is 7. The van der Waals surface area contributed by atoms with Gasteiger partial charge < -0.3 is 14.6 Å². The molecule has 1 N–H and O–H groups in total. The van der Waals surface area contributed by atoms with Crippen molar-refractivity contribution in [1.29, 1.82) is 0 Å². The lowest BCUT2D eigenvalue weighted by Gasteiger charge is -2.27. The largest absolute Gasteiger partial charge is 0.467 e. The third-order valence-corrected chi connectivity index (χ3v) is 6.08. The van der Waals surface area contributed by atoms with Crippen LogP contribution in [-0.4, -0.2) is 33.3 Å². The summed E-state index contributed by atoms with van der Waals surface area (Å²) < 4.78 is 6.08. The van der Waals surface area contributed by atoms with Crippen LogP contribution in [0.25, 0.3) is 0 Å². The first-order valence-corrected chi connectivity index (χ1v) is 10.8. The summed E-state index contributed by atoms with van der Waals surface area (Å²) in [6, 6.07) is 3.76. The molecule has 2 aromatic rings. The fourth-order valence-corrected chi connectivity index (χ4v) is 4.46. The molecule has 0 spiro atoms. The number of allylic oxidation sites excluding steroid dienone is 2. The molecular weight excluding hydrogens is 368 g/mol. The van der Waals surface area contributed by atoms with Crippen LogP contribution < -0.4 is 5.32 Å². The Bertz CT molecular complexity index is 727. The highest BCUT2D eigenvalue weighted by Gasteiger charge is 2.19. The van der Waals surface area contributed by atoms with Crippen molar-refractivity contribution in [3.8, 4) is 0 Å². The molecule has 2 heterocycles. The normalized spacial score (nSPS) is 14.1. The van der Waals surface area contributed by atoms with Crippen molar-refractivity contribution < 1.29 is 9.21 Å². The van der Waals surface area contributed by atoms with Gasteiger partial charge in [-0.2, -0.15) is 0 Å². The van der Waals surface area contributed by atoms with Crippen LogP contribution in [0.15, 0.2) is 38.9 Å². The molecule has 0 atom stereocenters. The van der Waals surface area contributed by atoms with Crippen LogP contribution in [0.2, 0.25) is 0 Å². The maximum Gasteiger partial charge on any atom is 0.237 e. The van der Waals surface area contributed by atoms with Gasteiger partial charge in [-0.1, -0.05) is 36.1 Å². The fourth-order valence-electron chi connectivity index (χ4n) is 2.84. The van der Waals surface area contributed by atoms with E-state index in [1.54, 1.807) is 6.26 Å². The Balaban J connectivity index is 1.50. The summed E-state index contributed by atoms with van der Waals surface area (Å²) >= 11 is 2.91. The second kappa shape index (κ2) is 9.78. The summed E-state index contributed by atoms with van der Waals surface area (Å²) in [4.78, 5) is 14.6. The Morgan fingerprint density at radius 2 is 2.35 bits per heavy atom. The molecule has 26 heavy (non-hydrogen) atoms. The number of rotatable bonds is 9. The number of amides is 1. The van der Waals surface area contributed by atoms with Crippen molar-refractivity contribution in [2.45, 2.75) is 49.9 Å². The van der Waals surface area contributed by atoms with Crippen LogP contribution >= 0.6 is 23.1 Å². The van der Waals surface area contributed by atoms with Gasteiger partial charge in [0.25, 0.3) is 0 Å². The zero-order valence-corrected chi connectivity index (χ0v) is 16.6. The van der Waals surface area contributed by atoms with Gasteiger partial charge in [0.2, 0.25) is 11.0 Å². The third kappa shape index (κ3) is 5.35. The SMILES string of the molecule is CCCN(C(=O)CSc1nnc(NCc2ccco2)s1)C1=CCCCC1. The molecular formula is C18H24N4O2S2. The van der Waals surface area contributed by atoms with E-state index in [-0.39, 0.29) is 5.91 Å². The molecule has 8 heteroatoms. The zero-order valence-electron chi connectivity index (χ0n) is 14.9. The van der Waals surface area contributed by atoms with E-state index in [4.69, 9.17) is 4.42 Å². The minimum absolute atomic E-state index is 0.158. The fraction of sp³-hybridized carbons (Fsp3) is 0.500. The van der Waals surface area contributed by atoms with E-state index in [0.717, 1.165) is 41.0 Å². The lowest BCUT2D eigenvalue weighted by Crippen LogP contribution is -2.33. The van der Waals surface area contributed by atoms with Crippen LogP contribution in [0, 0.1) is 0 Å². The van der Waals surface area contributed by atoms with E-state index in [2.05, 4.69) is 28.5 Å². The number of nitrogens with zero attached hydrogens (tertiary/aromatic N) is 3. The first-order chi connectivity index (χ1) is 12.8. The van der Waals surface area contributed by atoms with Crippen molar-refractivity contribution in [2.24, 2.45) is 0 Å². The lowest BCUT2D eigenvalue weighted by atomic mass is 10.0. The summed E-state index contributed by atoms with van der Waals surface area (Å²) in [7, 11) is 0. The molecule has 0 fully saturated rings. The Kier molecular flexibility index (Phi) is 7.13. The van der Waals surface area contributed by atoms with E-state index in [0.29, 0.717) is 12.3 Å². The Morgan fingerprint density at radius 3 is 3.08 bits per heavy atom. The number of furan rings is 1. The highest BCUT2D eigenvalue weighted by molar-refractivity contribution is 8.01. The third-order valence-electron chi connectivity index (χ3n) is 4.08. The molecule has 3 rings (SSSR count). The molecule has 2 aromatic heterocycles. The molecule has 1 aliphatic carbocycles. The van der Waals surface area contributed by atoms with E-state index in [1.165, 1.54) is 41.6 Å². The second-order valence-electron chi connectivity index (χ2n) is 6.08. The minimum atomic E-state index is 0.158. The number of thioether (sulfide) groups is 1. The number of carbonyl (C=O) groups is 1. The quantitative estimate of drug-likeness (QED) is 0.632. The number of nitrogens with one attached hydrogen (secondary N) is 1. The average molecular weight is 393 g/mol. The average Bonchev–Trinajstić information content (AvgIpc) is 3.35. The highest BCUT2D eigenvalue weighted by atomic mass is 32.2. The number of anilines is 1. The summed E-state index contributed by atoms with van der Waals surface area (Å²) in [6.45, 7) is 3.47. The van der Waals surface area contributed by atoms with Crippen LogP contribution in [-0.2, 0) is 11.3 Å². The molecule has 0 aliphatic heterocycles. The van der Waals surface area contributed by atoms with E-state index < -0.39 is 0 Å². The molecule has 0 radical (unpaired) electrons. The maximum atomic E-state index is 12.7. The van der Waals surface area contributed by atoms with Crippen LogP contribution in [0.4, 0.5) is 5.13 Å². The molecule has 140 valence electrons. The maximum absolute atomic E-state index is 12.7. The van der Waals surface area contributed by atoms with Gasteiger partial charge in [-0.15, -0.1) is 10.2 Å². The molecule has 0 saturated heterocycles. The minimum Gasteiger partial charge on any atom is -0.467 e. The van der Waals surface area contributed by atoms with Crippen molar-refractivity contribution in [3.63, 3.8) is 0 Å². The molecule has 0 aromatic carbocycles. The topological polar surface area (TPSA) is 71.3 Å². The summed E-state index contributed by atoms with van der Waals surface area (Å²) in [5.74, 6) is 1.40. The predicted molar refractivity (Wildman–Crippen MR) is 105 cm³/mol. The molecule has 0 saturated carbocycles. The smallest absolute Gasteiger partial charge is 0.237 e. The number of carbonyl (C=O) groups excluding carboxylic acids is 1. The predicted octanol–water partition coefficient (Wildman–Crippen LogP) is 4.53. The van der Waals surface area contributed by atoms with Crippen molar-refractivity contribution in [2.75, 3.05) is 17.6 Å². The Morgan fingerprint density at radius 1 is 1.42 bits per heavy atom. The summed E-state index contributed by atoms with van der Waals surface area (Å²) in [6.07, 6.45) is 9.33.